The second-order valence-corrected chi connectivity index (χ2v) is 5.76. The normalized spacial score (nSPS) is 25.1. The van der Waals surface area contributed by atoms with E-state index in [4.69, 9.17) is 5.73 Å². The van der Waals surface area contributed by atoms with E-state index in [-0.39, 0.29) is 18.4 Å². The van der Waals surface area contributed by atoms with Gasteiger partial charge >= 0.3 is 0 Å². The van der Waals surface area contributed by atoms with Gasteiger partial charge in [-0.05, 0) is 26.2 Å². The fraction of sp³-hybridized carbons (Fsp3) is 0.929. The maximum absolute atomic E-state index is 12.4. The van der Waals surface area contributed by atoms with Crippen LogP contribution in [0.25, 0.3) is 0 Å². The molecule has 0 spiro atoms. The van der Waals surface area contributed by atoms with Crippen LogP contribution < -0.4 is 5.73 Å². The second kappa shape index (κ2) is 8.08. The lowest BCUT2D eigenvalue weighted by molar-refractivity contribution is -0.134. The first-order valence-corrected chi connectivity index (χ1v) is 7.48. The van der Waals surface area contributed by atoms with E-state index in [1.165, 1.54) is 32.1 Å². The van der Waals surface area contributed by atoms with Gasteiger partial charge in [0.05, 0.1) is 6.54 Å². The molecule has 2 fully saturated rings. The van der Waals surface area contributed by atoms with Gasteiger partial charge in [0.2, 0.25) is 5.91 Å². The molecule has 19 heavy (non-hydrogen) atoms. The molecule has 1 aliphatic carbocycles. The molecule has 2 aliphatic rings. The Morgan fingerprint density at radius 3 is 2.47 bits per heavy atom. The minimum Gasteiger partial charge on any atom is -0.339 e. The standard InChI is InChI=1S/C14H27N3O.ClH/c1-2-17(13-6-4-3-5-7-13)14(18)11-16-9-8-12(15)10-16;/h12-13H,2-11,15H2,1H3;1H. The van der Waals surface area contributed by atoms with Gasteiger partial charge in [0.15, 0.2) is 0 Å². The third kappa shape index (κ3) is 4.62. The van der Waals surface area contributed by atoms with Gasteiger partial charge in [-0.3, -0.25) is 9.69 Å². The number of amides is 1. The molecule has 4 nitrogen and oxygen atoms in total. The van der Waals surface area contributed by atoms with Gasteiger partial charge in [0, 0.05) is 31.7 Å². The molecule has 0 radical (unpaired) electrons. The monoisotopic (exact) mass is 289 g/mol. The summed E-state index contributed by atoms with van der Waals surface area (Å²) in [5, 5.41) is 0. The van der Waals surface area contributed by atoms with E-state index < -0.39 is 0 Å². The predicted molar refractivity (Wildman–Crippen MR) is 80.5 cm³/mol. The first kappa shape index (κ1) is 16.7. The largest absolute Gasteiger partial charge is 0.339 e. The molecule has 5 heteroatoms. The summed E-state index contributed by atoms with van der Waals surface area (Å²) in [6.45, 7) is 5.38. The van der Waals surface area contributed by atoms with Crippen LogP contribution in [0.3, 0.4) is 0 Å². The van der Waals surface area contributed by atoms with Gasteiger partial charge in [0.25, 0.3) is 0 Å². The van der Waals surface area contributed by atoms with Crippen molar-refractivity contribution in [3.8, 4) is 0 Å². The molecule has 1 saturated carbocycles. The number of carbonyl (C=O) groups is 1. The number of carbonyl (C=O) groups excluding carboxylic acids is 1. The first-order chi connectivity index (χ1) is 8.70. The number of rotatable bonds is 4. The van der Waals surface area contributed by atoms with Crippen molar-refractivity contribution in [2.75, 3.05) is 26.2 Å². The SMILES string of the molecule is CCN(C(=O)CN1CCC(N)C1)C1CCCCC1.Cl. The smallest absolute Gasteiger partial charge is 0.236 e. The fourth-order valence-electron chi connectivity index (χ4n) is 3.32. The van der Waals surface area contributed by atoms with Gasteiger partial charge < -0.3 is 10.6 Å². The highest BCUT2D eigenvalue weighted by atomic mass is 35.5. The van der Waals surface area contributed by atoms with Gasteiger partial charge in [-0.1, -0.05) is 19.3 Å². The Morgan fingerprint density at radius 2 is 1.95 bits per heavy atom. The fourth-order valence-corrected chi connectivity index (χ4v) is 3.32. The number of hydrogen-bond donors (Lipinski definition) is 1. The number of nitrogens with two attached hydrogens (primary N) is 1. The molecule has 2 rings (SSSR count). The zero-order valence-electron chi connectivity index (χ0n) is 12.0. The van der Waals surface area contributed by atoms with E-state index >= 15 is 0 Å². The van der Waals surface area contributed by atoms with Crippen molar-refractivity contribution in [2.24, 2.45) is 5.73 Å². The molecule has 2 N–H and O–H groups in total. The second-order valence-electron chi connectivity index (χ2n) is 5.76. The predicted octanol–water partition coefficient (Wildman–Crippen LogP) is 1.62. The molecule has 1 heterocycles. The highest BCUT2D eigenvalue weighted by Gasteiger charge is 2.27. The lowest BCUT2D eigenvalue weighted by Crippen LogP contribution is -2.46. The number of hydrogen-bond acceptors (Lipinski definition) is 3. The third-order valence-electron chi connectivity index (χ3n) is 4.34. The number of likely N-dealkylation sites (N-methyl/N-ethyl adjacent to an activating group) is 1. The molecular formula is C14H28ClN3O. The molecule has 0 aromatic carbocycles. The van der Waals surface area contributed by atoms with E-state index in [1.807, 2.05) is 0 Å². The topological polar surface area (TPSA) is 49.6 Å². The van der Waals surface area contributed by atoms with Crippen molar-refractivity contribution in [2.45, 2.75) is 57.5 Å². The Balaban J connectivity index is 0.00000180. The van der Waals surface area contributed by atoms with Gasteiger partial charge in [-0.15, -0.1) is 12.4 Å². The van der Waals surface area contributed by atoms with Crippen LogP contribution in [0.15, 0.2) is 0 Å². The molecule has 0 aromatic rings. The van der Waals surface area contributed by atoms with Crippen LogP contribution in [-0.2, 0) is 4.79 Å². The summed E-state index contributed by atoms with van der Waals surface area (Å²) in [6, 6.07) is 0.759. The molecule has 1 atom stereocenters. The van der Waals surface area contributed by atoms with Crippen LogP contribution in [0.1, 0.15) is 45.4 Å². The Kier molecular flexibility index (Phi) is 7.11. The Morgan fingerprint density at radius 1 is 1.26 bits per heavy atom. The van der Waals surface area contributed by atoms with Crippen LogP contribution in [-0.4, -0.2) is 54.0 Å². The lowest BCUT2D eigenvalue weighted by Gasteiger charge is -2.34. The highest BCUT2D eigenvalue weighted by Crippen LogP contribution is 2.22. The molecule has 0 aromatic heterocycles. The Labute approximate surface area is 123 Å². The minimum atomic E-state index is 0. The highest BCUT2D eigenvalue weighted by molar-refractivity contribution is 5.85. The average Bonchev–Trinajstić information content (AvgIpc) is 2.77. The molecule has 1 aliphatic heterocycles. The summed E-state index contributed by atoms with van der Waals surface area (Å²) in [5.41, 5.74) is 5.89. The van der Waals surface area contributed by atoms with Crippen molar-refractivity contribution >= 4 is 18.3 Å². The van der Waals surface area contributed by atoms with Crippen molar-refractivity contribution in [1.82, 2.24) is 9.80 Å². The van der Waals surface area contributed by atoms with Crippen LogP contribution >= 0.6 is 12.4 Å². The molecule has 1 saturated heterocycles. The summed E-state index contributed by atoms with van der Waals surface area (Å²) < 4.78 is 0. The van der Waals surface area contributed by atoms with E-state index in [9.17, 15) is 4.79 Å². The van der Waals surface area contributed by atoms with E-state index in [0.29, 0.717) is 18.5 Å². The molecule has 1 amide bonds. The van der Waals surface area contributed by atoms with E-state index in [2.05, 4.69) is 16.7 Å². The summed E-state index contributed by atoms with van der Waals surface area (Å²) in [6.07, 6.45) is 7.32. The maximum atomic E-state index is 12.4. The van der Waals surface area contributed by atoms with E-state index in [0.717, 1.165) is 26.1 Å². The minimum absolute atomic E-state index is 0. The number of likely N-dealkylation sites (tertiary alicyclic amines) is 1. The van der Waals surface area contributed by atoms with E-state index in [1.54, 1.807) is 0 Å². The Bertz CT molecular complexity index is 282. The number of nitrogens with zero attached hydrogens (tertiary/aromatic N) is 2. The van der Waals surface area contributed by atoms with Crippen LogP contribution in [0.4, 0.5) is 0 Å². The molecule has 112 valence electrons. The van der Waals surface area contributed by atoms with Crippen molar-refractivity contribution < 1.29 is 4.79 Å². The summed E-state index contributed by atoms with van der Waals surface area (Å²) >= 11 is 0. The van der Waals surface area contributed by atoms with Crippen molar-refractivity contribution in [1.29, 1.82) is 0 Å². The quantitative estimate of drug-likeness (QED) is 0.856. The zero-order chi connectivity index (χ0) is 13.0. The van der Waals surface area contributed by atoms with Gasteiger partial charge in [-0.25, -0.2) is 0 Å². The maximum Gasteiger partial charge on any atom is 0.236 e. The van der Waals surface area contributed by atoms with Crippen LogP contribution in [0.5, 0.6) is 0 Å². The Hall–Kier alpha value is -0.320. The molecular weight excluding hydrogens is 262 g/mol. The zero-order valence-corrected chi connectivity index (χ0v) is 12.8. The van der Waals surface area contributed by atoms with Crippen LogP contribution in [0, 0.1) is 0 Å². The van der Waals surface area contributed by atoms with Gasteiger partial charge in [-0.2, -0.15) is 0 Å². The number of halogens is 1. The molecule has 0 bridgehead atoms. The lowest BCUT2D eigenvalue weighted by atomic mass is 9.94. The van der Waals surface area contributed by atoms with Crippen LogP contribution in [0.2, 0.25) is 0 Å². The summed E-state index contributed by atoms with van der Waals surface area (Å²) in [4.78, 5) is 16.7. The average molecular weight is 290 g/mol. The van der Waals surface area contributed by atoms with Gasteiger partial charge in [0.1, 0.15) is 0 Å². The summed E-state index contributed by atoms with van der Waals surface area (Å²) in [7, 11) is 0. The first-order valence-electron chi connectivity index (χ1n) is 7.48. The molecule has 1 unspecified atom stereocenters. The van der Waals surface area contributed by atoms with Crippen molar-refractivity contribution in [3.63, 3.8) is 0 Å². The summed E-state index contributed by atoms with van der Waals surface area (Å²) in [5.74, 6) is 0.304. The third-order valence-corrected chi connectivity index (χ3v) is 4.34. The van der Waals surface area contributed by atoms with Crippen molar-refractivity contribution in [3.05, 3.63) is 0 Å².